The molecule has 0 radical (unpaired) electrons. The highest BCUT2D eigenvalue weighted by atomic mass is 35.5. The molecular weight excluding hydrogens is 413 g/mol. The zero-order valence-electron chi connectivity index (χ0n) is 12.3. The Morgan fingerprint density at radius 1 is 0.731 bits per heavy atom. The maximum absolute atomic E-state index is 12.4. The van der Waals surface area contributed by atoms with Gasteiger partial charge in [0.1, 0.15) is 19.8 Å². The monoisotopic (exact) mass is 421 g/mol. The summed E-state index contributed by atoms with van der Waals surface area (Å²) in [6.07, 6.45) is -13.8. The minimum atomic E-state index is -5.11. The van der Waals surface area contributed by atoms with Crippen molar-refractivity contribution in [3.63, 3.8) is 0 Å². The summed E-state index contributed by atoms with van der Waals surface area (Å²) in [7, 11) is 0. The lowest BCUT2D eigenvalue weighted by molar-refractivity contribution is -0.434. The second-order valence-electron chi connectivity index (χ2n) is 4.66. The van der Waals surface area contributed by atoms with E-state index in [4.69, 9.17) is 11.6 Å². The molecule has 1 heterocycles. The average molecular weight is 422 g/mol. The summed E-state index contributed by atoms with van der Waals surface area (Å²) in [5.74, 6) is -3.50. The van der Waals surface area contributed by atoms with Crippen LogP contribution in [0.2, 0.25) is 5.02 Å². The number of rotatable bonds is 7. The summed E-state index contributed by atoms with van der Waals surface area (Å²) < 4.78 is 124. The maximum atomic E-state index is 12.4. The molecule has 26 heavy (non-hydrogen) atoms. The molecule has 0 aliphatic carbocycles. The second kappa shape index (κ2) is 8.15. The van der Waals surface area contributed by atoms with Gasteiger partial charge in [-0.3, -0.25) is 4.98 Å². The van der Waals surface area contributed by atoms with Crippen molar-refractivity contribution in [2.24, 2.45) is 0 Å². The Morgan fingerprint density at radius 3 is 1.42 bits per heavy atom. The molecule has 0 bridgehead atoms. The van der Waals surface area contributed by atoms with E-state index in [-0.39, 0.29) is 5.02 Å². The largest absolute Gasteiger partial charge is 0.412 e. The van der Waals surface area contributed by atoms with Gasteiger partial charge in [-0.2, -0.15) is 39.5 Å². The molecule has 1 aromatic rings. The first-order valence-electron chi connectivity index (χ1n) is 6.35. The number of aromatic nitrogens is 1. The average Bonchev–Trinajstić information content (AvgIpc) is 2.44. The third-order valence-corrected chi connectivity index (χ3v) is 2.54. The van der Waals surface area contributed by atoms with Gasteiger partial charge in [0.05, 0.1) is 10.6 Å². The van der Waals surface area contributed by atoms with Crippen LogP contribution in [0.4, 0.5) is 39.5 Å². The number of halogens is 10. The second-order valence-corrected chi connectivity index (χ2v) is 5.10. The summed E-state index contributed by atoms with van der Waals surface area (Å²) in [6, 6.07) is 0.692. The van der Waals surface area contributed by atoms with Crippen molar-refractivity contribution in [1.29, 1.82) is 0 Å². The van der Waals surface area contributed by atoms with Crippen molar-refractivity contribution in [1.82, 2.24) is 4.98 Å². The Morgan fingerprint density at radius 2 is 1.12 bits per heavy atom. The van der Waals surface area contributed by atoms with E-state index in [1.165, 1.54) is 0 Å². The topological polar surface area (TPSA) is 40.6 Å². The quantitative estimate of drug-likeness (QED) is 0.477. The minimum absolute atomic E-state index is 0.325. The fourth-order valence-corrected chi connectivity index (χ4v) is 1.66. The number of hydrogen-bond acceptors (Lipinski definition) is 4. The molecule has 0 spiro atoms. The van der Waals surface area contributed by atoms with Gasteiger partial charge in [-0.15, -0.1) is 0 Å². The van der Waals surface area contributed by atoms with E-state index in [1.54, 1.807) is 0 Å². The molecule has 0 saturated carbocycles. The van der Waals surface area contributed by atoms with Crippen LogP contribution in [0.3, 0.4) is 0 Å². The summed E-state index contributed by atoms with van der Waals surface area (Å²) >= 11 is 5.53. The number of alkyl halides is 9. The number of hydrogen-bond donors (Lipinski definition) is 0. The van der Waals surface area contributed by atoms with Crippen LogP contribution in [0, 0.1) is 0 Å². The van der Waals surface area contributed by atoms with E-state index < -0.39 is 49.9 Å². The SMILES string of the molecule is FC(F)(F)COC(OCC(F)(F)F)(OCC(F)(F)F)c1cncc(Cl)c1. The predicted octanol–water partition coefficient (Wildman–Crippen LogP) is 4.58. The molecule has 0 saturated heterocycles. The zero-order valence-corrected chi connectivity index (χ0v) is 13.1. The van der Waals surface area contributed by atoms with Crippen LogP contribution in [0.5, 0.6) is 0 Å². The van der Waals surface area contributed by atoms with Crippen molar-refractivity contribution >= 4 is 11.6 Å². The van der Waals surface area contributed by atoms with Gasteiger partial charge < -0.3 is 14.2 Å². The van der Waals surface area contributed by atoms with Crippen LogP contribution in [-0.4, -0.2) is 43.3 Å². The van der Waals surface area contributed by atoms with Gasteiger partial charge in [0.15, 0.2) is 0 Å². The first-order chi connectivity index (χ1) is 11.6. The lowest BCUT2D eigenvalue weighted by Gasteiger charge is -2.34. The highest BCUT2D eigenvalue weighted by molar-refractivity contribution is 6.30. The van der Waals surface area contributed by atoms with Gasteiger partial charge in [-0.25, -0.2) is 0 Å². The molecule has 0 fully saturated rings. The molecule has 0 amide bonds. The fraction of sp³-hybridized carbons (Fsp3) is 0.583. The van der Waals surface area contributed by atoms with Crippen LogP contribution in [0.15, 0.2) is 18.5 Å². The lowest BCUT2D eigenvalue weighted by atomic mass is 10.2. The highest BCUT2D eigenvalue weighted by Gasteiger charge is 2.47. The van der Waals surface area contributed by atoms with Gasteiger partial charge in [0.25, 0.3) is 0 Å². The summed E-state index contributed by atoms with van der Waals surface area (Å²) in [5.41, 5.74) is -0.831. The number of ether oxygens (including phenoxy) is 3. The molecule has 0 N–H and O–H groups in total. The lowest BCUT2D eigenvalue weighted by Crippen LogP contribution is -2.43. The summed E-state index contributed by atoms with van der Waals surface area (Å²) in [5, 5.41) is -0.325. The molecule has 0 unspecified atom stereocenters. The minimum Gasteiger partial charge on any atom is -0.314 e. The first kappa shape index (κ1) is 22.7. The van der Waals surface area contributed by atoms with Crippen LogP contribution >= 0.6 is 11.6 Å². The normalized spacial score (nSPS) is 13.9. The summed E-state index contributed by atoms with van der Waals surface area (Å²) in [6.45, 7) is -6.81. The zero-order chi connectivity index (χ0) is 20.2. The van der Waals surface area contributed by atoms with Gasteiger partial charge in [0.2, 0.25) is 0 Å². The molecule has 150 valence electrons. The Balaban J connectivity index is 3.29. The fourth-order valence-electron chi connectivity index (χ4n) is 1.48. The van der Waals surface area contributed by atoms with E-state index in [1.807, 2.05) is 0 Å². The predicted molar refractivity (Wildman–Crippen MR) is 66.9 cm³/mol. The van der Waals surface area contributed by atoms with Crippen molar-refractivity contribution in [3.05, 3.63) is 29.0 Å². The van der Waals surface area contributed by atoms with Crippen molar-refractivity contribution in [3.8, 4) is 0 Å². The van der Waals surface area contributed by atoms with Crippen molar-refractivity contribution < 1.29 is 53.7 Å². The standard InChI is InChI=1S/C12H9ClF9NO3/c13-8-1-7(2-23-3-8)12(24-4-9(14,15)16,25-5-10(17,18)19)26-6-11(20,21)22/h1-3H,4-6H2. The van der Waals surface area contributed by atoms with E-state index in [9.17, 15) is 39.5 Å². The number of pyridine rings is 1. The Kier molecular flexibility index (Phi) is 7.12. The van der Waals surface area contributed by atoms with Crippen molar-refractivity contribution in [2.45, 2.75) is 24.5 Å². The van der Waals surface area contributed by atoms with Crippen LogP contribution < -0.4 is 0 Å². The molecular formula is C12H9ClF9NO3. The van der Waals surface area contributed by atoms with Crippen LogP contribution in [0.25, 0.3) is 0 Å². The van der Waals surface area contributed by atoms with E-state index in [2.05, 4.69) is 19.2 Å². The molecule has 0 aliphatic rings. The molecule has 14 heteroatoms. The maximum Gasteiger partial charge on any atom is 0.412 e. The van der Waals surface area contributed by atoms with Crippen LogP contribution in [-0.2, 0) is 20.2 Å². The van der Waals surface area contributed by atoms with Gasteiger partial charge in [-0.1, -0.05) is 11.6 Å². The van der Waals surface area contributed by atoms with E-state index in [0.717, 1.165) is 6.20 Å². The Labute approximate surface area is 144 Å². The smallest absolute Gasteiger partial charge is 0.314 e. The molecule has 1 aromatic heterocycles. The van der Waals surface area contributed by atoms with Gasteiger partial charge in [0, 0.05) is 12.4 Å². The Hall–Kier alpha value is -1.31. The molecule has 1 rings (SSSR count). The highest BCUT2D eigenvalue weighted by Crippen LogP contribution is 2.35. The third kappa shape index (κ3) is 8.38. The summed E-state index contributed by atoms with van der Waals surface area (Å²) in [4.78, 5) is 3.37. The van der Waals surface area contributed by atoms with Crippen LogP contribution in [0.1, 0.15) is 5.56 Å². The van der Waals surface area contributed by atoms with E-state index >= 15 is 0 Å². The Bertz CT molecular complexity index is 543. The van der Waals surface area contributed by atoms with Crippen molar-refractivity contribution in [2.75, 3.05) is 19.8 Å². The number of nitrogens with zero attached hydrogens (tertiary/aromatic N) is 1. The molecule has 4 nitrogen and oxygen atoms in total. The molecule has 0 aromatic carbocycles. The molecule has 0 atom stereocenters. The third-order valence-electron chi connectivity index (χ3n) is 2.34. The van der Waals surface area contributed by atoms with Gasteiger partial charge in [-0.05, 0) is 6.07 Å². The first-order valence-corrected chi connectivity index (χ1v) is 6.73. The molecule has 0 aliphatic heterocycles. The van der Waals surface area contributed by atoms with E-state index in [0.29, 0.717) is 12.3 Å². The van der Waals surface area contributed by atoms with Gasteiger partial charge >= 0.3 is 24.5 Å².